The summed E-state index contributed by atoms with van der Waals surface area (Å²) in [4.78, 5) is 2.53. The molecule has 2 aromatic heterocycles. The Morgan fingerprint density at radius 1 is 0.348 bits per heavy atom. The molecule has 0 radical (unpaired) electrons. The molecule has 1 aliphatic rings. The molecule has 1 aliphatic carbocycles. The van der Waals surface area contributed by atoms with Gasteiger partial charge in [0.25, 0.3) is 0 Å². The van der Waals surface area contributed by atoms with Gasteiger partial charge in [0, 0.05) is 43.9 Å². The molecule has 0 N–H and O–H groups in total. The van der Waals surface area contributed by atoms with Crippen molar-refractivity contribution < 1.29 is 0 Å². The van der Waals surface area contributed by atoms with Crippen LogP contribution in [0.2, 0.25) is 0 Å². The zero-order valence-corrected chi connectivity index (χ0v) is 36.9. The van der Waals surface area contributed by atoms with Gasteiger partial charge in [-0.05, 0) is 106 Å². The van der Waals surface area contributed by atoms with E-state index in [1.807, 2.05) is 0 Å². The molecule has 0 saturated carbocycles. The van der Waals surface area contributed by atoms with Crippen molar-refractivity contribution in [3.63, 3.8) is 0 Å². The largest absolute Gasteiger partial charge is 0.310 e. The van der Waals surface area contributed by atoms with Crippen LogP contribution in [0.3, 0.4) is 0 Å². The van der Waals surface area contributed by atoms with E-state index in [9.17, 15) is 0 Å². The van der Waals surface area contributed by atoms with E-state index in [1.54, 1.807) is 0 Å². The number of anilines is 3. The van der Waals surface area contributed by atoms with Crippen molar-refractivity contribution in [2.75, 3.05) is 4.90 Å². The fraction of sp³-hybridized carbons (Fsp3) is 0.0476. The number of para-hydroxylation sites is 4. The molecule has 0 bridgehead atoms. The van der Waals surface area contributed by atoms with Gasteiger partial charge in [-0.1, -0.05) is 184 Å². The van der Waals surface area contributed by atoms with Crippen molar-refractivity contribution in [1.29, 1.82) is 0 Å². The second-order valence-electron chi connectivity index (χ2n) is 18.1. The van der Waals surface area contributed by atoms with Crippen LogP contribution in [0.1, 0.15) is 25.0 Å². The summed E-state index contributed by atoms with van der Waals surface area (Å²) in [6, 6.07) is 87.1. The van der Waals surface area contributed by atoms with Crippen molar-refractivity contribution in [3.8, 4) is 44.8 Å². The first-order valence-electron chi connectivity index (χ1n) is 22.9. The first-order valence-corrected chi connectivity index (χ1v) is 22.9. The van der Waals surface area contributed by atoms with Crippen molar-refractivity contribution in [2.45, 2.75) is 19.3 Å². The molecule has 13 rings (SSSR count). The molecule has 0 atom stereocenters. The lowest BCUT2D eigenvalue weighted by molar-refractivity contribution is 0.660. The summed E-state index contributed by atoms with van der Waals surface area (Å²) >= 11 is 0. The Hall–Kier alpha value is -8.40. The number of hydrogen-bond acceptors (Lipinski definition) is 1. The highest BCUT2D eigenvalue weighted by atomic mass is 15.2. The van der Waals surface area contributed by atoms with Crippen LogP contribution in [0.4, 0.5) is 17.1 Å². The molecule has 0 unspecified atom stereocenters. The van der Waals surface area contributed by atoms with Crippen LogP contribution < -0.4 is 4.90 Å². The predicted molar refractivity (Wildman–Crippen MR) is 278 cm³/mol. The lowest BCUT2D eigenvalue weighted by atomic mass is 9.82. The minimum absolute atomic E-state index is 0.190. The molecule has 2 heterocycles. The molecular weight excluding hydrogens is 799 g/mol. The number of benzene rings is 10. The van der Waals surface area contributed by atoms with Gasteiger partial charge in [-0.25, -0.2) is 0 Å². The lowest BCUT2D eigenvalue weighted by Gasteiger charge is -2.31. The molecule has 10 aromatic carbocycles. The van der Waals surface area contributed by atoms with E-state index in [0.717, 1.165) is 45.1 Å². The summed E-state index contributed by atoms with van der Waals surface area (Å²) in [5, 5.41) is 4.88. The topological polar surface area (TPSA) is 13.1 Å². The highest BCUT2D eigenvalue weighted by Gasteiger charge is 2.36. The smallest absolute Gasteiger partial charge is 0.0583 e. The molecule has 66 heavy (non-hydrogen) atoms. The molecule has 3 heteroatoms. The highest BCUT2D eigenvalue weighted by Crippen LogP contribution is 2.52. The second-order valence-corrected chi connectivity index (χ2v) is 18.1. The van der Waals surface area contributed by atoms with Crippen molar-refractivity contribution in [2.24, 2.45) is 0 Å². The number of nitrogens with zero attached hydrogens (tertiary/aromatic N) is 3. The van der Waals surface area contributed by atoms with Gasteiger partial charge in [0.15, 0.2) is 0 Å². The Morgan fingerprint density at radius 2 is 0.909 bits per heavy atom. The molecular formula is C63H45N3. The van der Waals surface area contributed by atoms with Crippen LogP contribution in [0.25, 0.3) is 88.4 Å². The van der Waals surface area contributed by atoms with Gasteiger partial charge >= 0.3 is 0 Å². The van der Waals surface area contributed by atoms with Crippen LogP contribution in [0.15, 0.2) is 237 Å². The third kappa shape index (κ3) is 5.76. The molecule has 0 spiro atoms. The Morgan fingerprint density at radius 3 is 1.61 bits per heavy atom. The maximum absolute atomic E-state index is 2.53. The van der Waals surface area contributed by atoms with E-state index in [0.29, 0.717) is 0 Å². The van der Waals surface area contributed by atoms with E-state index in [1.165, 1.54) is 71.5 Å². The molecule has 312 valence electrons. The highest BCUT2D eigenvalue weighted by molar-refractivity contribution is 6.17. The van der Waals surface area contributed by atoms with E-state index < -0.39 is 0 Å². The summed E-state index contributed by atoms with van der Waals surface area (Å²) in [7, 11) is 0. The average molecular weight is 844 g/mol. The van der Waals surface area contributed by atoms with Crippen LogP contribution in [-0.4, -0.2) is 9.13 Å². The van der Waals surface area contributed by atoms with Crippen LogP contribution in [0.5, 0.6) is 0 Å². The molecule has 0 aliphatic heterocycles. The molecule has 3 nitrogen and oxygen atoms in total. The minimum atomic E-state index is -0.190. The summed E-state index contributed by atoms with van der Waals surface area (Å²) in [5.74, 6) is 0. The minimum Gasteiger partial charge on any atom is -0.310 e. The van der Waals surface area contributed by atoms with Gasteiger partial charge in [0.2, 0.25) is 0 Å². The third-order valence-corrected chi connectivity index (χ3v) is 14.1. The number of hydrogen-bond donors (Lipinski definition) is 0. The number of aromatic nitrogens is 2. The Kier molecular flexibility index (Phi) is 8.56. The maximum atomic E-state index is 2.53. The molecule has 12 aromatic rings. The molecule has 0 fully saturated rings. The first kappa shape index (κ1) is 38.1. The zero-order valence-electron chi connectivity index (χ0n) is 36.9. The second kappa shape index (κ2) is 14.8. The van der Waals surface area contributed by atoms with Crippen molar-refractivity contribution in [1.82, 2.24) is 9.13 Å². The average Bonchev–Trinajstić information content (AvgIpc) is 3.98. The zero-order chi connectivity index (χ0) is 43.9. The Bertz CT molecular complexity index is 3780. The van der Waals surface area contributed by atoms with Gasteiger partial charge in [-0.15, -0.1) is 0 Å². The van der Waals surface area contributed by atoms with Gasteiger partial charge < -0.3 is 14.0 Å². The maximum Gasteiger partial charge on any atom is 0.0583 e. The quantitative estimate of drug-likeness (QED) is 0.156. The number of fused-ring (bicyclic) bond motifs is 9. The standard InChI is InChI=1S/C63H45N3/c1-63(2)54-30-16-12-26-48(54)49-36-35-46(39-55(49)63)64(59-37-34-44(42-20-6-3-7-21-42)38-53(59)43-22-8-4-9-23-43)47-40-60-62(52-29-15-19-33-58(52)65(60)45-24-10-5-11-25-45)61(41-47)66-56-31-17-13-27-50(56)51-28-14-18-32-57(51)66/h3-41H,1-2H3. The van der Waals surface area contributed by atoms with Crippen LogP contribution >= 0.6 is 0 Å². The molecule has 0 saturated heterocycles. The van der Waals surface area contributed by atoms with E-state index in [-0.39, 0.29) is 5.41 Å². The molecule has 0 amide bonds. The SMILES string of the molecule is CC1(C)c2ccccc2-c2ccc(N(c3cc(-n4c5ccccc5c5ccccc54)c4c5ccccc5n(-c5ccccc5)c4c3)c3ccc(-c4ccccc4)cc3-c3ccccc3)cc21. The summed E-state index contributed by atoms with van der Waals surface area (Å²) < 4.78 is 4.97. The summed E-state index contributed by atoms with van der Waals surface area (Å²) in [6.45, 7) is 4.75. The third-order valence-electron chi connectivity index (χ3n) is 14.1. The van der Waals surface area contributed by atoms with Gasteiger partial charge in [0.1, 0.15) is 0 Å². The summed E-state index contributed by atoms with van der Waals surface area (Å²) in [6.07, 6.45) is 0. The normalized spacial score (nSPS) is 12.8. The van der Waals surface area contributed by atoms with E-state index in [4.69, 9.17) is 0 Å². The first-order chi connectivity index (χ1) is 32.5. The van der Waals surface area contributed by atoms with Gasteiger partial charge in [0.05, 0.1) is 39.1 Å². The van der Waals surface area contributed by atoms with Gasteiger partial charge in [-0.3, -0.25) is 0 Å². The van der Waals surface area contributed by atoms with Crippen LogP contribution in [0, 0.1) is 0 Å². The fourth-order valence-corrected chi connectivity index (χ4v) is 11.1. The van der Waals surface area contributed by atoms with Gasteiger partial charge in [-0.2, -0.15) is 0 Å². The van der Waals surface area contributed by atoms with Crippen LogP contribution in [-0.2, 0) is 5.41 Å². The fourth-order valence-electron chi connectivity index (χ4n) is 11.1. The Labute approximate surface area is 384 Å². The summed E-state index contributed by atoms with van der Waals surface area (Å²) in [5.41, 5.74) is 20.0. The van der Waals surface area contributed by atoms with E-state index in [2.05, 4.69) is 264 Å². The van der Waals surface area contributed by atoms with Crippen molar-refractivity contribution >= 4 is 60.7 Å². The van der Waals surface area contributed by atoms with Crippen molar-refractivity contribution in [3.05, 3.63) is 248 Å². The predicted octanol–water partition coefficient (Wildman–Crippen LogP) is 17.0. The van der Waals surface area contributed by atoms with E-state index >= 15 is 0 Å². The Balaban J connectivity index is 1.18. The number of rotatable bonds is 7. The lowest BCUT2D eigenvalue weighted by Crippen LogP contribution is -2.17. The monoisotopic (exact) mass is 843 g/mol.